The fourth-order valence-electron chi connectivity index (χ4n) is 1.86. The van der Waals surface area contributed by atoms with Crippen LogP contribution in [0.25, 0.3) is 0 Å². The molecule has 2 N–H and O–H groups in total. The van der Waals surface area contributed by atoms with Gasteiger partial charge in [0.25, 0.3) is 0 Å². The minimum Gasteiger partial charge on any atom is -0.466 e. The second kappa shape index (κ2) is 4.11. The molecule has 1 saturated carbocycles. The highest BCUT2D eigenvalue weighted by Gasteiger charge is 2.43. The van der Waals surface area contributed by atoms with Crippen molar-refractivity contribution in [3.63, 3.8) is 0 Å². The van der Waals surface area contributed by atoms with Crippen LogP contribution in [0, 0.1) is 0 Å². The maximum Gasteiger partial charge on any atom is 0.346 e. The standard InChI is InChI=1S/C10H15N3O3/c1-2-16-8(14)5-7-9(11)12-10(15)13(7)6-3-4-6/h6-7H,2-5H2,1H3,(H2,11,12,15). The Bertz CT molecular complexity index is 349. The number of rotatable bonds is 4. The average molecular weight is 225 g/mol. The van der Waals surface area contributed by atoms with E-state index in [0.29, 0.717) is 6.61 Å². The molecule has 0 spiro atoms. The first-order valence-corrected chi connectivity index (χ1v) is 5.45. The molecular formula is C10H15N3O3. The smallest absolute Gasteiger partial charge is 0.346 e. The molecule has 0 bridgehead atoms. The Balaban J connectivity index is 2.02. The van der Waals surface area contributed by atoms with E-state index < -0.39 is 6.04 Å². The first-order chi connectivity index (χ1) is 7.63. The molecule has 2 rings (SSSR count). The Kier molecular flexibility index (Phi) is 2.80. The van der Waals surface area contributed by atoms with Gasteiger partial charge in [-0.25, -0.2) is 4.79 Å². The molecule has 0 saturated heterocycles. The van der Waals surface area contributed by atoms with Gasteiger partial charge in [-0.3, -0.25) is 4.79 Å². The maximum absolute atomic E-state index is 11.5. The van der Waals surface area contributed by atoms with Gasteiger partial charge in [0.15, 0.2) is 0 Å². The van der Waals surface area contributed by atoms with Crippen LogP contribution in [0.1, 0.15) is 26.2 Å². The number of aliphatic imine (C=N–C) groups is 1. The number of amides is 2. The van der Waals surface area contributed by atoms with Gasteiger partial charge < -0.3 is 15.4 Å². The summed E-state index contributed by atoms with van der Waals surface area (Å²) in [6.07, 6.45) is 2.03. The Morgan fingerprint density at radius 1 is 1.62 bits per heavy atom. The van der Waals surface area contributed by atoms with Crippen molar-refractivity contribution in [3.05, 3.63) is 0 Å². The minimum atomic E-state index is -0.404. The number of carbonyl (C=O) groups excluding carboxylic acids is 2. The molecule has 1 atom stereocenters. The van der Waals surface area contributed by atoms with Crippen LogP contribution in [-0.2, 0) is 9.53 Å². The second-order valence-corrected chi connectivity index (χ2v) is 3.98. The van der Waals surface area contributed by atoms with Crippen LogP contribution in [0.2, 0.25) is 0 Å². The fourth-order valence-corrected chi connectivity index (χ4v) is 1.86. The lowest BCUT2D eigenvalue weighted by atomic mass is 10.1. The topological polar surface area (TPSA) is 85.0 Å². The zero-order valence-electron chi connectivity index (χ0n) is 9.18. The fraction of sp³-hybridized carbons (Fsp3) is 0.700. The SMILES string of the molecule is CCOC(=O)CC1C(N)=NC(=O)N1C1CC1. The van der Waals surface area contributed by atoms with Crippen LogP contribution in [0.3, 0.4) is 0 Å². The van der Waals surface area contributed by atoms with Gasteiger partial charge in [0.1, 0.15) is 11.9 Å². The largest absolute Gasteiger partial charge is 0.466 e. The third-order valence-corrected chi connectivity index (χ3v) is 2.73. The number of hydrogen-bond donors (Lipinski definition) is 1. The zero-order valence-corrected chi connectivity index (χ0v) is 9.18. The molecule has 0 aromatic rings. The number of ether oxygens (including phenoxy) is 1. The quantitative estimate of drug-likeness (QED) is 0.695. The predicted molar refractivity (Wildman–Crippen MR) is 56.9 cm³/mol. The summed E-state index contributed by atoms with van der Waals surface area (Å²) in [4.78, 5) is 28.2. The van der Waals surface area contributed by atoms with E-state index in [4.69, 9.17) is 10.5 Å². The lowest BCUT2D eigenvalue weighted by molar-refractivity contribution is -0.143. The van der Waals surface area contributed by atoms with Crippen LogP contribution in [0.4, 0.5) is 4.79 Å². The molecule has 1 heterocycles. The van der Waals surface area contributed by atoms with Crippen molar-refractivity contribution < 1.29 is 14.3 Å². The normalized spacial score (nSPS) is 24.6. The summed E-state index contributed by atoms with van der Waals surface area (Å²) in [6.45, 7) is 2.08. The van der Waals surface area contributed by atoms with Crippen LogP contribution in [-0.4, -0.2) is 41.4 Å². The zero-order chi connectivity index (χ0) is 11.7. The number of carbonyl (C=O) groups is 2. The number of amidine groups is 1. The molecule has 0 aromatic heterocycles. The van der Waals surface area contributed by atoms with Crippen LogP contribution in [0.5, 0.6) is 0 Å². The van der Waals surface area contributed by atoms with E-state index in [1.807, 2.05) is 0 Å². The maximum atomic E-state index is 11.5. The molecule has 2 aliphatic rings. The summed E-state index contributed by atoms with van der Waals surface area (Å²) in [6, 6.07) is -0.523. The number of esters is 1. The van der Waals surface area contributed by atoms with Gasteiger partial charge in [-0.05, 0) is 19.8 Å². The summed E-state index contributed by atoms with van der Waals surface area (Å²) in [5.74, 6) is -0.115. The van der Waals surface area contributed by atoms with Gasteiger partial charge in [-0.15, -0.1) is 0 Å². The molecule has 88 valence electrons. The van der Waals surface area contributed by atoms with Crippen LogP contribution >= 0.6 is 0 Å². The molecule has 0 radical (unpaired) electrons. The molecule has 6 heteroatoms. The third-order valence-electron chi connectivity index (χ3n) is 2.73. The highest BCUT2D eigenvalue weighted by molar-refractivity contribution is 6.04. The second-order valence-electron chi connectivity index (χ2n) is 3.98. The highest BCUT2D eigenvalue weighted by atomic mass is 16.5. The van der Waals surface area contributed by atoms with E-state index in [2.05, 4.69) is 4.99 Å². The number of hydrogen-bond acceptors (Lipinski definition) is 4. The molecule has 1 fully saturated rings. The molecule has 6 nitrogen and oxygen atoms in total. The lowest BCUT2D eigenvalue weighted by Crippen LogP contribution is -2.43. The molecule has 16 heavy (non-hydrogen) atoms. The molecule has 1 aliphatic carbocycles. The van der Waals surface area contributed by atoms with Crippen LogP contribution in [0.15, 0.2) is 4.99 Å². The molecular weight excluding hydrogens is 210 g/mol. The van der Waals surface area contributed by atoms with Crippen molar-refractivity contribution in [2.75, 3.05) is 6.61 Å². The summed E-state index contributed by atoms with van der Waals surface area (Å²) >= 11 is 0. The van der Waals surface area contributed by atoms with Gasteiger partial charge in [0, 0.05) is 6.04 Å². The first kappa shape index (κ1) is 10.9. The van der Waals surface area contributed by atoms with Gasteiger partial charge >= 0.3 is 12.0 Å². The summed E-state index contributed by atoms with van der Waals surface area (Å²) < 4.78 is 4.85. The Morgan fingerprint density at radius 2 is 2.31 bits per heavy atom. The predicted octanol–water partition coefficient (Wildman–Crippen LogP) is 0.263. The van der Waals surface area contributed by atoms with Crippen molar-refractivity contribution in [1.29, 1.82) is 0 Å². The Labute approximate surface area is 93.4 Å². The van der Waals surface area contributed by atoms with E-state index in [9.17, 15) is 9.59 Å². The number of nitrogens with zero attached hydrogens (tertiary/aromatic N) is 2. The van der Waals surface area contributed by atoms with Crippen molar-refractivity contribution >= 4 is 17.8 Å². The lowest BCUT2D eigenvalue weighted by Gasteiger charge is -2.22. The third kappa shape index (κ3) is 2.00. The monoisotopic (exact) mass is 225 g/mol. The average Bonchev–Trinajstić information content (AvgIpc) is 2.97. The van der Waals surface area contributed by atoms with Crippen molar-refractivity contribution in [2.24, 2.45) is 10.7 Å². The van der Waals surface area contributed by atoms with E-state index in [0.717, 1.165) is 12.8 Å². The van der Waals surface area contributed by atoms with Crippen molar-refractivity contribution in [2.45, 2.75) is 38.3 Å². The summed E-state index contributed by atoms with van der Waals surface area (Å²) in [7, 11) is 0. The number of urea groups is 1. The first-order valence-electron chi connectivity index (χ1n) is 5.45. The van der Waals surface area contributed by atoms with Crippen molar-refractivity contribution in [1.82, 2.24) is 4.90 Å². The summed E-state index contributed by atoms with van der Waals surface area (Å²) in [5, 5.41) is 0. The van der Waals surface area contributed by atoms with Gasteiger partial charge in [0.2, 0.25) is 0 Å². The van der Waals surface area contributed by atoms with E-state index >= 15 is 0 Å². The van der Waals surface area contributed by atoms with Crippen molar-refractivity contribution in [3.8, 4) is 0 Å². The minimum absolute atomic E-state index is 0.103. The Hall–Kier alpha value is -1.59. The van der Waals surface area contributed by atoms with Gasteiger partial charge in [0.05, 0.1) is 13.0 Å². The molecule has 1 aliphatic heterocycles. The van der Waals surface area contributed by atoms with Crippen LogP contribution < -0.4 is 5.73 Å². The van der Waals surface area contributed by atoms with Gasteiger partial charge in [-0.1, -0.05) is 0 Å². The summed E-state index contributed by atoms with van der Waals surface area (Å²) in [5.41, 5.74) is 5.65. The molecule has 1 unspecified atom stereocenters. The van der Waals surface area contributed by atoms with E-state index in [-0.39, 0.29) is 30.3 Å². The number of nitrogens with two attached hydrogens (primary N) is 1. The highest BCUT2D eigenvalue weighted by Crippen LogP contribution is 2.32. The molecule has 0 aromatic carbocycles. The van der Waals surface area contributed by atoms with Gasteiger partial charge in [-0.2, -0.15) is 4.99 Å². The molecule has 2 amide bonds. The van der Waals surface area contributed by atoms with E-state index in [1.165, 1.54) is 0 Å². The Morgan fingerprint density at radius 3 is 2.88 bits per heavy atom. The van der Waals surface area contributed by atoms with E-state index in [1.54, 1.807) is 11.8 Å².